The Balaban J connectivity index is 1.94. The van der Waals surface area contributed by atoms with Crippen molar-refractivity contribution < 1.29 is 4.74 Å². The molecule has 0 unspecified atom stereocenters. The molecule has 0 amide bonds. The summed E-state index contributed by atoms with van der Waals surface area (Å²) in [7, 11) is 3.74. The van der Waals surface area contributed by atoms with Crippen molar-refractivity contribution >= 4 is 21.6 Å². The molecular weight excluding hydrogens is 276 g/mol. The fourth-order valence-electron chi connectivity index (χ4n) is 2.11. The second kappa shape index (κ2) is 11.8. The van der Waals surface area contributed by atoms with Crippen LogP contribution in [0.2, 0.25) is 0 Å². The minimum atomic E-state index is 0.719. The summed E-state index contributed by atoms with van der Waals surface area (Å²) in [6, 6.07) is 0. The largest absolute Gasteiger partial charge is 0.479 e. The molecule has 19 heavy (non-hydrogen) atoms. The van der Waals surface area contributed by atoms with Gasteiger partial charge in [-0.1, -0.05) is 41.4 Å². The molecule has 0 aliphatic carbocycles. The van der Waals surface area contributed by atoms with Crippen LogP contribution in [-0.4, -0.2) is 49.2 Å². The van der Waals surface area contributed by atoms with Crippen LogP contribution in [0.15, 0.2) is 12.5 Å². The van der Waals surface area contributed by atoms with Gasteiger partial charge in [-0.15, -0.1) is 0 Å². The summed E-state index contributed by atoms with van der Waals surface area (Å²) in [5.74, 6) is 2.89. The average Bonchev–Trinajstić information content (AvgIpc) is 2.67. The summed E-state index contributed by atoms with van der Waals surface area (Å²) >= 11 is 0. The van der Waals surface area contributed by atoms with Gasteiger partial charge in [0, 0.05) is 24.6 Å². The zero-order valence-electron chi connectivity index (χ0n) is 12.2. The van der Waals surface area contributed by atoms with Gasteiger partial charge in [-0.25, -0.2) is 0 Å². The first-order valence-electron chi connectivity index (χ1n) is 7.35. The molecule has 0 saturated carbocycles. The third-order valence-corrected chi connectivity index (χ3v) is 5.54. The smallest absolute Gasteiger partial charge is 0.179 e. The van der Waals surface area contributed by atoms with Crippen molar-refractivity contribution in [1.29, 1.82) is 0 Å². The first-order chi connectivity index (χ1) is 9.33. The van der Waals surface area contributed by atoms with E-state index >= 15 is 0 Å². The maximum Gasteiger partial charge on any atom is 0.179 e. The SMILES string of the molecule is C=C(NCCN1CCCCCC1)OCCSSCC. The van der Waals surface area contributed by atoms with Crippen LogP contribution < -0.4 is 5.32 Å². The molecule has 1 rings (SSSR count). The summed E-state index contributed by atoms with van der Waals surface area (Å²) in [6.07, 6.45) is 5.49. The molecule has 0 spiro atoms. The lowest BCUT2D eigenvalue weighted by molar-refractivity contribution is 0.203. The summed E-state index contributed by atoms with van der Waals surface area (Å²) in [6.45, 7) is 11.4. The highest BCUT2D eigenvalue weighted by molar-refractivity contribution is 8.76. The summed E-state index contributed by atoms with van der Waals surface area (Å²) in [5.41, 5.74) is 0. The fourth-order valence-corrected chi connectivity index (χ4v) is 3.60. The number of nitrogens with one attached hydrogen (secondary N) is 1. The van der Waals surface area contributed by atoms with E-state index in [2.05, 4.69) is 23.7 Å². The molecule has 0 aromatic carbocycles. The highest BCUT2D eigenvalue weighted by atomic mass is 33.1. The Morgan fingerprint density at radius 2 is 1.95 bits per heavy atom. The fraction of sp³-hybridized carbons (Fsp3) is 0.857. The lowest BCUT2D eigenvalue weighted by Crippen LogP contribution is -2.32. The van der Waals surface area contributed by atoms with Crippen molar-refractivity contribution in [3.05, 3.63) is 12.5 Å². The maximum absolute atomic E-state index is 5.54. The summed E-state index contributed by atoms with van der Waals surface area (Å²) in [4.78, 5) is 2.54. The molecular formula is C14H28N2OS2. The molecule has 0 bridgehead atoms. The quantitative estimate of drug-likeness (QED) is 0.379. The second-order valence-electron chi connectivity index (χ2n) is 4.68. The topological polar surface area (TPSA) is 24.5 Å². The molecule has 1 aliphatic rings. The van der Waals surface area contributed by atoms with E-state index in [4.69, 9.17) is 4.74 Å². The Labute approximate surface area is 126 Å². The van der Waals surface area contributed by atoms with E-state index in [-0.39, 0.29) is 0 Å². The van der Waals surface area contributed by atoms with Gasteiger partial charge in [-0.2, -0.15) is 0 Å². The highest BCUT2D eigenvalue weighted by Gasteiger charge is 2.08. The van der Waals surface area contributed by atoms with Crippen LogP contribution in [0, 0.1) is 0 Å². The minimum absolute atomic E-state index is 0.719. The Morgan fingerprint density at radius 1 is 1.21 bits per heavy atom. The number of hydrogen-bond donors (Lipinski definition) is 1. The standard InChI is InChI=1S/C14H28N2OS2/c1-3-18-19-13-12-17-14(2)15-8-11-16-9-6-4-5-7-10-16/h15H,2-13H2,1H3. The Hall–Kier alpha value is 0. The van der Waals surface area contributed by atoms with E-state index in [0.717, 1.165) is 37.1 Å². The number of likely N-dealkylation sites (tertiary alicyclic amines) is 1. The first-order valence-corrected chi connectivity index (χ1v) is 9.84. The zero-order chi connectivity index (χ0) is 13.8. The van der Waals surface area contributed by atoms with Crippen LogP contribution >= 0.6 is 21.6 Å². The third-order valence-electron chi connectivity index (χ3n) is 3.09. The van der Waals surface area contributed by atoms with Crippen LogP contribution in [0.5, 0.6) is 0 Å². The molecule has 1 saturated heterocycles. The van der Waals surface area contributed by atoms with Gasteiger partial charge in [-0.05, 0) is 32.5 Å². The normalized spacial score (nSPS) is 16.9. The van der Waals surface area contributed by atoms with E-state index in [1.54, 1.807) is 0 Å². The molecule has 0 radical (unpaired) electrons. The van der Waals surface area contributed by atoms with Crippen molar-refractivity contribution in [3.63, 3.8) is 0 Å². The van der Waals surface area contributed by atoms with E-state index in [1.165, 1.54) is 38.8 Å². The lowest BCUT2D eigenvalue weighted by Gasteiger charge is -2.20. The number of hydrogen-bond acceptors (Lipinski definition) is 5. The number of ether oxygens (including phenoxy) is 1. The minimum Gasteiger partial charge on any atom is -0.479 e. The van der Waals surface area contributed by atoms with Crippen LogP contribution in [0.1, 0.15) is 32.6 Å². The van der Waals surface area contributed by atoms with Gasteiger partial charge >= 0.3 is 0 Å². The van der Waals surface area contributed by atoms with Crippen molar-refractivity contribution in [1.82, 2.24) is 10.2 Å². The Kier molecular flexibility index (Phi) is 10.6. The third kappa shape index (κ3) is 9.52. The van der Waals surface area contributed by atoms with E-state index in [0.29, 0.717) is 0 Å². The van der Waals surface area contributed by atoms with Gasteiger partial charge < -0.3 is 15.0 Å². The molecule has 1 fully saturated rings. The van der Waals surface area contributed by atoms with Gasteiger partial charge in [0.15, 0.2) is 5.88 Å². The van der Waals surface area contributed by atoms with Crippen molar-refractivity contribution in [2.75, 3.05) is 44.3 Å². The second-order valence-corrected chi connectivity index (χ2v) is 7.55. The monoisotopic (exact) mass is 304 g/mol. The van der Waals surface area contributed by atoms with E-state index in [1.807, 2.05) is 21.6 Å². The number of nitrogens with zero attached hydrogens (tertiary/aromatic N) is 1. The predicted octanol–water partition coefficient (Wildman–Crippen LogP) is 3.34. The first kappa shape index (κ1) is 17.1. The molecule has 3 nitrogen and oxygen atoms in total. The summed E-state index contributed by atoms with van der Waals surface area (Å²) in [5, 5.41) is 3.27. The Morgan fingerprint density at radius 3 is 2.63 bits per heavy atom. The highest BCUT2D eigenvalue weighted by Crippen LogP contribution is 2.19. The van der Waals surface area contributed by atoms with Crippen LogP contribution in [-0.2, 0) is 4.74 Å². The molecule has 5 heteroatoms. The van der Waals surface area contributed by atoms with Crippen LogP contribution in [0.3, 0.4) is 0 Å². The predicted molar refractivity (Wildman–Crippen MR) is 88.6 cm³/mol. The summed E-state index contributed by atoms with van der Waals surface area (Å²) < 4.78 is 5.54. The molecule has 0 aromatic rings. The lowest BCUT2D eigenvalue weighted by atomic mass is 10.2. The molecule has 112 valence electrons. The van der Waals surface area contributed by atoms with Gasteiger partial charge in [0.1, 0.15) is 0 Å². The van der Waals surface area contributed by atoms with E-state index < -0.39 is 0 Å². The van der Waals surface area contributed by atoms with Gasteiger partial charge in [0.05, 0.1) is 6.61 Å². The molecule has 1 heterocycles. The zero-order valence-corrected chi connectivity index (χ0v) is 13.8. The van der Waals surface area contributed by atoms with Crippen LogP contribution in [0.25, 0.3) is 0 Å². The average molecular weight is 305 g/mol. The molecule has 0 atom stereocenters. The van der Waals surface area contributed by atoms with Gasteiger partial charge in [-0.3, -0.25) is 0 Å². The number of rotatable bonds is 10. The van der Waals surface area contributed by atoms with Gasteiger partial charge in [0.2, 0.25) is 0 Å². The van der Waals surface area contributed by atoms with Crippen molar-refractivity contribution in [2.45, 2.75) is 32.6 Å². The molecule has 1 aliphatic heterocycles. The maximum atomic E-state index is 5.54. The Bertz CT molecular complexity index is 231. The van der Waals surface area contributed by atoms with Crippen molar-refractivity contribution in [2.24, 2.45) is 0 Å². The van der Waals surface area contributed by atoms with Gasteiger partial charge in [0.25, 0.3) is 0 Å². The van der Waals surface area contributed by atoms with Crippen LogP contribution in [0.4, 0.5) is 0 Å². The molecule has 1 N–H and O–H groups in total. The van der Waals surface area contributed by atoms with Crippen molar-refractivity contribution in [3.8, 4) is 0 Å². The molecule has 0 aromatic heterocycles. The van der Waals surface area contributed by atoms with E-state index in [9.17, 15) is 0 Å².